The van der Waals surface area contributed by atoms with Crippen molar-refractivity contribution in [1.29, 1.82) is 0 Å². The lowest BCUT2D eigenvalue weighted by Gasteiger charge is -2.21. The lowest BCUT2D eigenvalue weighted by molar-refractivity contribution is -0.138. The van der Waals surface area contributed by atoms with Crippen LogP contribution in [0.1, 0.15) is 47.3 Å². The van der Waals surface area contributed by atoms with Gasteiger partial charge >= 0.3 is 5.97 Å². The van der Waals surface area contributed by atoms with Gasteiger partial charge in [-0.15, -0.1) is 22.7 Å². The van der Waals surface area contributed by atoms with Gasteiger partial charge in [0.15, 0.2) is 0 Å². The maximum Gasteiger partial charge on any atom is 0.311 e. The molecule has 0 radical (unpaired) electrons. The number of carbonyl (C=O) groups is 1. The molecule has 5 heteroatoms. The molecule has 0 amide bonds. The molecule has 30 heavy (non-hydrogen) atoms. The molecule has 1 unspecified atom stereocenters. The molecule has 0 saturated carbocycles. The summed E-state index contributed by atoms with van der Waals surface area (Å²) in [6.45, 7) is 4.04. The van der Waals surface area contributed by atoms with Crippen LogP contribution < -0.4 is 0 Å². The standard InChI is InChI=1S/C25H23NO2S2/c1-3-16(25(27)28)21-20(15-11-9-14(2)10-12-15)22-17-6-4-7-18(17)30-24(22)26-23(21)19-8-5-13-29-19/h5,8-13,16H,3-4,6-7H2,1-2H3,(H,27,28). The van der Waals surface area contributed by atoms with E-state index >= 15 is 0 Å². The number of aromatic nitrogens is 1. The molecule has 0 aliphatic heterocycles. The van der Waals surface area contributed by atoms with Gasteiger partial charge in [0, 0.05) is 15.8 Å². The van der Waals surface area contributed by atoms with Crippen molar-refractivity contribution in [2.75, 3.05) is 0 Å². The minimum atomic E-state index is -0.781. The Labute approximate surface area is 184 Å². The second-order valence-electron chi connectivity index (χ2n) is 7.93. The van der Waals surface area contributed by atoms with Gasteiger partial charge in [0.2, 0.25) is 0 Å². The number of carboxylic acid groups (broad SMARTS) is 1. The minimum absolute atomic E-state index is 0.534. The van der Waals surface area contributed by atoms with Crippen LogP contribution in [0.2, 0.25) is 0 Å². The average Bonchev–Trinajstić information content (AvgIpc) is 3.46. The highest BCUT2D eigenvalue weighted by Crippen LogP contribution is 2.48. The van der Waals surface area contributed by atoms with Gasteiger partial charge in [-0.3, -0.25) is 4.79 Å². The lowest BCUT2D eigenvalue weighted by atomic mass is 9.84. The Bertz CT molecular complexity index is 1240. The van der Waals surface area contributed by atoms with Gasteiger partial charge < -0.3 is 5.11 Å². The normalized spacial score (nSPS) is 14.2. The fraction of sp³-hybridized carbons (Fsp3) is 0.280. The van der Waals surface area contributed by atoms with E-state index in [2.05, 4.69) is 37.3 Å². The number of aryl methyl sites for hydroxylation is 3. The summed E-state index contributed by atoms with van der Waals surface area (Å²) < 4.78 is 0. The summed E-state index contributed by atoms with van der Waals surface area (Å²) in [6, 6.07) is 12.6. The fourth-order valence-electron chi connectivity index (χ4n) is 4.60. The Kier molecular flexibility index (Phi) is 4.95. The van der Waals surface area contributed by atoms with Crippen molar-refractivity contribution in [3.05, 3.63) is 63.3 Å². The number of benzene rings is 1. The number of carboxylic acids is 1. The van der Waals surface area contributed by atoms with E-state index in [0.717, 1.165) is 44.9 Å². The first-order chi connectivity index (χ1) is 14.6. The number of hydrogen-bond acceptors (Lipinski definition) is 4. The van der Waals surface area contributed by atoms with Crippen molar-refractivity contribution in [2.45, 2.75) is 45.4 Å². The largest absolute Gasteiger partial charge is 0.481 e. The fourth-order valence-corrected chi connectivity index (χ4v) is 6.60. The summed E-state index contributed by atoms with van der Waals surface area (Å²) in [5.74, 6) is -1.37. The van der Waals surface area contributed by atoms with Crippen LogP contribution in [0.4, 0.5) is 0 Å². The van der Waals surface area contributed by atoms with Crippen molar-refractivity contribution >= 4 is 38.9 Å². The Hall–Kier alpha value is -2.50. The van der Waals surface area contributed by atoms with E-state index in [1.807, 2.05) is 18.4 Å². The summed E-state index contributed by atoms with van der Waals surface area (Å²) >= 11 is 3.42. The molecule has 1 atom stereocenters. The summed E-state index contributed by atoms with van der Waals surface area (Å²) in [5.41, 5.74) is 6.46. The predicted molar refractivity (Wildman–Crippen MR) is 126 cm³/mol. The van der Waals surface area contributed by atoms with Gasteiger partial charge in [-0.2, -0.15) is 0 Å². The van der Waals surface area contributed by atoms with Crippen molar-refractivity contribution in [2.24, 2.45) is 0 Å². The molecule has 0 fully saturated rings. The van der Waals surface area contributed by atoms with Crippen LogP contribution in [0.25, 0.3) is 31.9 Å². The molecule has 1 aliphatic carbocycles. The van der Waals surface area contributed by atoms with E-state index in [9.17, 15) is 9.90 Å². The second kappa shape index (κ2) is 7.64. The van der Waals surface area contributed by atoms with Crippen molar-refractivity contribution in [1.82, 2.24) is 4.98 Å². The van der Waals surface area contributed by atoms with E-state index in [-0.39, 0.29) is 0 Å². The summed E-state index contributed by atoms with van der Waals surface area (Å²) in [5, 5.41) is 13.4. The first-order valence-corrected chi connectivity index (χ1v) is 12.1. The van der Waals surface area contributed by atoms with E-state index in [1.165, 1.54) is 27.8 Å². The highest BCUT2D eigenvalue weighted by atomic mass is 32.1. The monoisotopic (exact) mass is 433 g/mol. The zero-order valence-electron chi connectivity index (χ0n) is 17.1. The van der Waals surface area contributed by atoms with Crippen LogP contribution in [-0.4, -0.2) is 16.1 Å². The van der Waals surface area contributed by atoms with Gasteiger partial charge in [0.25, 0.3) is 0 Å². The lowest BCUT2D eigenvalue weighted by Crippen LogP contribution is -2.14. The van der Waals surface area contributed by atoms with Crippen molar-refractivity contribution in [3.8, 4) is 21.7 Å². The number of hydrogen-bond donors (Lipinski definition) is 1. The molecule has 0 spiro atoms. The maximum atomic E-state index is 12.4. The number of nitrogens with zero attached hydrogens (tertiary/aromatic N) is 1. The number of pyridine rings is 1. The Balaban J connectivity index is 1.95. The van der Waals surface area contributed by atoms with Crippen LogP contribution in [0.15, 0.2) is 41.8 Å². The van der Waals surface area contributed by atoms with Gasteiger partial charge in [0.05, 0.1) is 16.5 Å². The van der Waals surface area contributed by atoms with Crippen LogP contribution in [0, 0.1) is 6.92 Å². The Morgan fingerprint density at radius 1 is 1.20 bits per heavy atom. The van der Waals surface area contributed by atoms with Crippen LogP contribution in [-0.2, 0) is 17.6 Å². The van der Waals surface area contributed by atoms with Gasteiger partial charge in [-0.05, 0) is 60.7 Å². The molecule has 1 N–H and O–H groups in total. The third-order valence-corrected chi connectivity index (χ3v) is 8.10. The summed E-state index contributed by atoms with van der Waals surface area (Å²) in [6.07, 6.45) is 3.86. The quantitative estimate of drug-likeness (QED) is 0.366. The third kappa shape index (κ3) is 3.08. The first kappa shape index (κ1) is 19.5. The van der Waals surface area contributed by atoms with Crippen LogP contribution >= 0.6 is 22.7 Å². The zero-order valence-corrected chi connectivity index (χ0v) is 18.7. The maximum absolute atomic E-state index is 12.4. The van der Waals surface area contributed by atoms with Crippen molar-refractivity contribution in [3.63, 3.8) is 0 Å². The molecule has 5 rings (SSSR count). The molecule has 3 heterocycles. The van der Waals surface area contributed by atoms with Crippen molar-refractivity contribution < 1.29 is 9.90 Å². The molecule has 1 aliphatic rings. The van der Waals surface area contributed by atoms with E-state index in [4.69, 9.17) is 4.98 Å². The van der Waals surface area contributed by atoms with E-state index in [1.54, 1.807) is 22.7 Å². The van der Waals surface area contributed by atoms with Gasteiger partial charge in [0.1, 0.15) is 4.83 Å². The summed E-state index contributed by atoms with van der Waals surface area (Å²) in [4.78, 5) is 21.0. The number of thiophene rings is 2. The molecular formula is C25H23NO2S2. The smallest absolute Gasteiger partial charge is 0.311 e. The molecule has 152 valence electrons. The average molecular weight is 434 g/mol. The molecular weight excluding hydrogens is 410 g/mol. The summed E-state index contributed by atoms with van der Waals surface area (Å²) in [7, 11) is 0. The second-order valence-corrected chi connectivity index (χ2v) is 9.96. The molecule has 1 aromatic carbocycles. The topological polar surface area (TPSA) is 50.2 Å². The van der Waals surface area contributed by atoms with E-state index < -0.39 is 11.9 Å². The zero-order chi connectivity index (χ0) is 20.8. The van der Waals surface area contributed by atoms with Crippen LogP contribution in [0.3, 0.4) is 0 Å². The van der Waals surface area contributed by atoms with Gasteiger partial charge in [-0.1, -0.05) is 42.8 Å². The molecule has 0 bridgehead atoms. The first-order valence-electron chi connectivity index (χ1n) is 10.4. The SMILES string of the molecule is CCC(C(=O)O)c1c(-c2cccs2)nc2sc3c(c2c1-c1ccc(C)cc1)CCC3. The minimum Gasteiger partial charge on any atom is -0.481 e. The highest BCUT2D eigenvalue weighted by Gasteiger charge is 2.31. The number of fused-ring (bicyclic) bond motifs is 3. The third-order valence-electron chi connectivity index (χ3n) is 6.04. The molecule has 3 nitrogen and oxygen atoms in total. The molecule has 4 aromatic rings. The van der Waals surface area contributed by atoms with E-state index in [0.29, 0.717) is 6.42 Å². The Morgan fingerprint density at radius 3 is 2.67 bits per heavy atom. The number of rotatable bonds is 5. The number of aliphatic carboxylic acids is 1. The predicted octanol–water partition coefficient (Wildman–Crippen LogP) is 7.07. The van der Waals surface area contributed by atoms with Gasteiger partial charge in [-0.25, -0.2) is 4.98 Å². The molecule has 3 aromatic heterocycles. The highest BCUT2D eigenvalue weighted by molar-refractivity contribution is 7.19. The van der Waals surface area contributed by atoms with Crippen LogP contribution in [0.5, 0.6) is 0 Å². The Morgan fingerprint density at radius 2 is 2.00 bits per heavy atom. The molecule has 0 saturated heterocycles.